The molecule has 8 heteroatoms. The summed E-state index contributed by atoms with van der Waals surface area (Å²) in [4.78, 5) is 23.7. The number of rotatable bonds is 5. The fraction of sp³-hybridized carbons (Fsp3) is 0.536. The Morgan fingerprint density at radius 2 is 1.72 bits per heavy atom. The van der Waals surface area contributed by atoms with Crippen LogP contribution in [0.15, 0.2) is 46.5 Å². The summed E-state index contributed by atoms with van der Waals surface area (Å²) >= 11 is 0. The lowest BCUT2D eigenvalue weighted by molar-refractivity contribution is 0.0792. The summed E-state index contributed by atoms with van der Waals surface area (Å²) in [6.07, 6.45) is 9.72. The van der Waals surface area contributed by atoms with E-state index in [9.17, 15) is 13.2 Å². The minimum absolute atomic E-state index is 0.0579. The lowest BCUT2D eigenvalue weighted by atomic mass is 9.88. The van der Waals surface area contributed by atoms with Gasteiger partial charge in [-0.3, -0.25) is 4.79 Å². The Morgan fingerprint density at radius 3 is 2.36 bits per heavy atom. The van der Waals surface area contributed by atoms with E-state index in [4.69, 9.17) is 4.98 Å². The van der Waals surface area contributed by atoms with Crippen LogP contribution < -0.4 is 0 Å². The number of amides is 1. The number of pyridine rings is 1. The smallest absolute Gasteiger partial charge is 0.255 e. The first-order valence-corrected chi connectivity index (χ1v) is 14.6. The first-order valence-electron chi connectivity index (χ1n) is 13.2. The molecule has 3 aromatic rings. The number of sulfone groups is 1. The Hall–Kier alpha value is -2.74. The van der Waals surface area contributed by atoms with Gasteiger partial charge in [-0.15, -0.1) is 0 Å². The van der Waals surface area contributed by atoms with E-state index in [1.807, 2.05) is 6.07 Å². The van der Waals surface area contributed by atoms with E-state index in [1.165, 1.54) is 44.4 Å². The van der Waals surface area contributed by atoms with Crippen molar-refractivity contribution in [3.63, 3.8) is 0 Å². The SMILES string of the molecule is CC(C)(C)c1nc2cc(S(=O)(=O)c3ccc(C(=O)N4CCCC4)cn3)ccc2n1CC1CCCCC1. The van der Waals surface area contributed by atoms with E-state index in [0.717, 1.165) is 43.8 Å². The van der Waals surface area contributed by atoms with E-state index in [1.54, 1.807) is 23.1 Å². The summed E-state index contributed by atoms with van der Waals surface area (Å²) in [7, 11) is -3.84. The fourth-order valence-corrected chi connectivity index (χ4v) is 6.75. The van der Waals surface area contributed by atoms with Crippen molar-refractivity contribution in [3.8, 4) is 0 Å². The van der Waals surface area contributed by atoms with Crippen molar-refractivity contribution < 1.29 is 13.2 Å². The van der Waals surface area contributed by atoms with E-state index < -0.39 is 9.84 Å². The summed E-state index contributed by atoms with van der Waals surface area (Å²) in [5.74, 6) is 1.52. The molecular formula is C28H36N4O3S. The van der Waals surface area contributed by atoms with Crippen LogP contribution >= 0.6 is 0 Å². The number of likely N-dealkylation sites (tertiary alicyclic amines) is 1. The van der Waals surface area contributed by atoms with Crippen LogP contribution in [0.25, 0.3) is 11.0 Å². The molecule has 0 N–H and O–H groups in total. The van der Waals surface area contributed by atoms with Crippen molar-refractivity contribution in [2.45, 2.75) is 87.6 Å². The first kappa shape index (κ1) is 24.9. The summed E-state index contributed by atoms with van der Waals surface area (Å²) in [6.45, 7) is 8.85. The van der Waals surface area contributed by atoms with Gasteiger partial charge in [0.15, 0.2) is 5.03 Å². The molecule has 192 valence electrons. The molecule has 3 heterocycles. The molecule has 1 aliphatic carbocycles. The predicted molar refractivity (Wildman–Crippen MR) is 140 cm³/mol. The number of fused-ring (bicyclic) bond motifs is 1. The molecule has 2 aliphatic rings. The maximum absolute atomic E-state index is 13.4. The number of aromatic nitrogens is 3. The quantitative estimate of drug-likeness (QED) is 0.462. The molecule has 2 aromatic heterocycles. The highest BCUT2D eigenvalue weighted by atomic mass is 32.2. The van der Waals surface area contributed by atoms with Gasteiger partial charge in [0.25, 0.3) is 5.91 Å². The van der Waals surface area contributed by atoms with Crippen LogP contribution in [0, 0.1) is 5.92 Å². The molecule has 2 fully saturated rings. The van der Waals surface area contributed by atoms with E-state index in [2.05, 4.69) is 30.3 Å². The zero-order valence-corrected chi connectivity index (χ0v) is 22.4. The van der Waals surface area contributed by atoms with Crippen molar-refractivity contribution in [1.29, 1.82) is 0 Å². The number of carbonyl (C=O) groups is 1. The van der Waals surface area contributed by atoms with E-state index in [0.29, 0.717) is 17.0 Å². The fourth-order valence-electron chi connectivity index (χ4n) is 5.55. The third kappa shape index (κ3) is 4.80. The second-order valence-electron chi connectivity index (χ2n) is 11.3. The molecular weight excluding hydrogens is 472 g/mol. The average Bonchev–Trinajstić information content (AvgIpc) is 3.53. The molecule has 0 atom stereocenters. The summed E-state index contributed by atoms with van der Waals surface area (Å²) in [6, 6.07) is 8.22. The molecule has 1 aromatic carbocycles. The molecule has 7 nitrogen and oxygen atoms in total. The van der Waals surface area contributed by atoms with Gasteiger partial charge in [-0.2, -0.15) is 0 Å². The van der Waals surface area contributed by atoms with Crippen molar-refractivity contribution in [2.75, 3.05) is 13.1 Å². The van der Waals surface area contributed by atoms with Crippen LogP contribution in [0.5, 0.6) is 0 Å². The Morgan fingerprint density at radius 1 is 1.00 bits per heavy atom. The second kappa shape index (κ2) is 9.61. The maximum atomic E-state index is 13.4. The molecule has 1 aliphatic heterocycles. The zero-order chi connectivity index (χ0) is 25.5. The Balaban J connectivity index is 1.46. The average molecular weight is 509 g/mol. The van der Waals surface area contributed by atoms with E-state index >= 15 is 0 Å². The highest BCUT2D eigenvalue weighted by Gasteiger charge is 2.27. The van der Waals surface area contributed by atoms with Crippen molar-refractivity contribution in [1.82, 2.24) is 19.4 Å². The number of imidazole rings is 1. The van der Waals surface area contributed by atoms with Gasteiger partial charge in [-0.25, -0.2) is 18.4 Å². The molecule has 1 amide bonds. The molecule has 1 saturated carbocycles. The Kier molecular flexibility index (Phi) is 6.66. The first-order chi connectivity index (χ1) is 17.1. The third-order valence-corrected chi connectivity index (χ3v) is 9.18. The Bertz CT molecular complexity index is 1360. The monoisotopic (exact) mass is 508 g/mol. The van der Waals surface area contributed by atoms with Gasteiger partial charge in [-0.1, -0.05) is 40.0 Å². The van der Waals surface area contributed by atoms with Crippen LogP contribution in [0.3, 0.4) is 0 Å². The number of benzene rings is 1. The topological polar surface area (TPSA) is 85.2 Å². The van der Waals surface area contributed by atoms with Crippen molar-refractivity contribution >= 4 is 26.8 Å². The zero-order valence-electron chi connectivity index (χ0n) is 21.5. The van der Waals surface area contributed by atoms with Gasteiger partial charge < -0.3 is 9.47 Å². The lowest BCUT2D eigenvalue weighted by Crippen LogP contribution is -2.27. The van der Waals surface area contributed by atoms with Gasteiger partial charge in [0.05, 0.1) is 21.5 Å². The lowest BCUT2D eigenvalue weighted by Gasteiger charge is -2.26. The van der Waals surface area contributed by atoms with Crippen molar-refractivity contribution in [2.24, 2.45) is 5.92 Å². The molecule has 0 radical (unpaired) electrons. The second-order valence-corrected chi connectivity index (χ2v) is 13.2. The molecule has 1 saturated heterocycles. The van der Waals surface area contributed by atoms with Crippen LogP contribution in [0.4, 0.5) is 0 Å². The molecule has 0 bridgehead atoms. The molecule has 0 unspecified atom stereocenters. The van der Waals surface area contributed by atoms with Gasteiger partial charge in [-0.05, 0) is 61.9 Å². The van der Waals surface area contributed by atoms with Gasteiger partial charge >= 0.3 is 0 Å². The molecule has 36 heavy (non-hydrogen) atoms. The molecule has 5 rings (SSSR count). The summed E-state index contributed by atoms with van der Waals surface area (Å²) < 4.78 is 29.2. The van der Waals surface area contributed by atoms with Gasteiger partial charge in [0, 0.05) is 31.2 Å². The standard InChI is InChI=1S/C28H36N4O3S/c1-28(2,3)27-30-23-17-22(12-13-24(23)32(27)19-20-9-5-4-6-10-20)36(34,35)25-14-11-21(18-29-25)26(33)31-15-7-8-16-31/h11-14,17-18,20H,4-10,15-16,19H2,1-3H3. The normalized spacial score (nSPS) is 17.7. The summed E-state index contributed by atoms with van der Waals surface area (Å²) in [5.41, 5.74) is 1.93. The van der Waals surface area contributed by atoms with Crippen LogP contribution in [-0.4, -0.2) is 46.8 Å². The van der Waals surface area contributed by atoms with Crippen LogP contribution in [0.2, 0.25) is 0 Å². The van der Waals surface area contributed by atoms with Crippen LogP contribution in [0.1, 0.15) is 81.9 Å². The van der Waals surface area contributed by atoms with Crippen LogP contribution in [-0.2, 0) is 21.8 Å². The number of nitrogens with zero attached hydrogens (tertiary/aromatic N) is 4. The number of hydrogen-bond acceptors (Lipinski definition) is 5. The number of carbonyl (C=O) groups excluding carboxylic acids is 1. The van der Waals surface area contributed by atoms with Crippen molar-refractivity contribution in [3.05, 3.63) is 47.9 Å². The summed E-state index contributed by atoms with van der Waals surface area (Å²) in [5, 5.41) is -0.0579. The highest BCUT2D eigenvalue weighted by Crippen LogP contribution is 2.33. The minimum Gasteiger partial charge on any atom is -0.339 e. The minimum atomic E-state index is -3.84. The third-order valence-electron chi connectivity index (χ3n) is 7.52. The van der Waals surface area contributed by atoms with E-state index in [-0.39, 0.29) is 21.2 Å². The maximum Gasteiger partial charge on any atom is 0.255 e. The molecule has 0 spiro atoms. The van der Waals surface area contributed by atoms with Gasteiger partial charge in [0.1, 0.15) is 5.82 Å². The van der Waals surface area contributed by atoms with Gasteiger partial charge in [0.2, 0.25) is 9.84 Å². The largest absolute Gasteiger partial charge is 0.339 e. The highest BCUT2D eigenvalue weighted by molar-refractivity contribution is 7.91. The Labute approximate surface area is 213 Å². The number of hydrogen-bond donors (Lipinski definition) is 0. The predicted octanol–water partition coefficient (Wildman–Crippen LogP) is 5.38.